The van der Waals surface area contributed by atoms with Crippen LogP contribution in [0.5, 0.6) is 0 Å². The fourth-order valence-electron chi connectivity index (χ4n) is 3.56. The number of nitrogens with zero attached hydrogens (tertiary/aromatic N) is 1. The second kappa shape index (κ2) is 8.29. The molecule has 1 heterocycles. The maximum Gasteiger partial charge on any atom is 0.340 e. The first-order chi connectivity index (χ1) is 15.3. The Morgan fingerprint density at radius 1 is 1.09 bits per heavy atom. The third kappa shape index (κ3) is 3.86. The molecule has 0 saturated heterocycles. The Kier molecular flexibility index (Phi) is 5.52. The molecule has 158 valence electrons. The lowest BCUT2D eigenvalue weighted by Crippen LogP contribution is -2.27. The Bertz CT molecular complexity index is 1380. The smallest absolute Gasteiger partial charge is 0.340 e. The van der Waals surface area contributed by atoms with Gasteiger partial charge in [0.2, 0.25) is 0 Å². The third-order valence-corrected chi connectivity index (χ3v) is 7.55. The highest BCUT2D eigenvalue weighted by atomic mass is 32.2. The summed E-state index contributed by atoms with van der Waals surface area (Å²) in [5, 5.41) is 14.4. The van der Waals surface area contributed by atoms with Gasteiger partial charge < -0.3 is 4.74 Å². The van der Waals surface area contributed by atoms with Gasteiger partial charge in [-0.15, -0.1) is 6.42 Å². The molecule has 0 bridgehead atoms. The Morgan fingerprint density at radius 2 is 1.81 bits per heavy atom. The molecule has 0 spiro atoms. The first-order valence-corrected chi connectivity index (χ1v) is 11.2. The molecule has 0 aliphatic heterocycles. The predicted molar refractivity (Wildman–Crippen MR) is 127 cm³/mol. The molecule has 3 aromatic carbocycles. The van der Waals surface area contributed by atoms with Crippen LogP contribution in [0.4, 0.5) is 5.69 Å². The van der Waals surface area contributed by atoms with Crippen LogP contribution in [0.25, 0.3) is 15.0 Å². The molecule has 4 aromatic rings. The number of benzene rings is 3. The van der Waals surface area contributed by atoms with Gasteiger partial charge in [0.25, 0.3) is 5.69 Å². The zero-order valence-corrected chi connectivity index (χ0v) is 18.4. The number of aryl methyl sites for hydroxylation is 1. The van der Waals surface area contributed by atoms with E-state index < -0.39 is 16.5 Å². The molecule has 0 saturated carbocycles. The molecule has 5 nitrogen and oxygen atoms in total. The van der Waals surface area contributed by atoms with Crippen LogP contribution < -0.4 is 0 Å². The summed E-state index contributed by atoms with van der Waals surface area (Å²) in [6, 6.07) is 21.3. The minimum absolute atomic E-state index is 0.0617. The molecule has 1 aromatic heterocycles. The standard InChI is InChI=1S/C26H20NO4S/c1-4-26(3,20-12-14-21(15-13-20)27(29)30)31-25(28)19-8-7-9-22(16-19)32-17-18(2)23-10-5-6-11-24(23)32/h1,5-17H,2-3H3/q+1. The maximum absolute atomic E-state index is 13.0. The number of terminal acetylenes is 1. The van der Waals surface area contributed by atoms with Crippen LogP contribution in [-0.2, 0) is 10.3 Å². The monoisotopic (exact) mass is 442 g/mol. The first kappa shape index (κ1) is 21.3. The summed E-state index contributed by atoms with van der Waals surface area (Å²) in [5.41, 5.74) is 0.679. The summed E-state index contributed by atoms with van der Waals surface area (Å²) < 4.78 is 6.94. The van der Waals surface area contributed by atoms with Crippen molar-refractivity contribution in [3.8, 4) is 17.2 Å². The number of carbonyl (C=O) groups is 1. The van der Waals surface area contributed by atoms with Crippen LogP contribution in [0.2, 0.25) is 0 Å². The normalized spacial score (nSPS) is 13.2. The molecule has 0 amide bonds. The van der Waals surface area contributed by atoms with Crippen molar-refractivity contribution in [2.45, 2.75) is 19.4 Å². The molecule has 2 atom stereocenters. The van der Waals surface area contributed by atoms with Crippen LogP contribution in [-0.4, -0.2) is 10.9 Å². The van der Waals surface area contributed by atoms with Gasteiger partial charge >= 0.3 is 5.97 Å². The lowest BCUT2D eigenvalue weighted by Gasteiger charge is -2.24. The minimum atomic E-state index is -1.36. The van der Waals surface area contributed by atoms with E-state index in [1.54, 1.807) is 13.0 Å². The number of carbonyl (C=O) groups excluding carboxylic acids is 1. The molecular formula is C26H20NO4S+. The van der Waals surface area contributed by atoms with Gasteiger partial charge in [-0.05, 0) is 50.2 Å². The SMILES string of the molecule is C#CC(C)(OC(=O)c1cccc(-[s+]2cc(C)c3ccccc32)c1)c1ccc([N+](=O)[O-])cc1. The van der Waals surface area contributed by atoms with Crippen molar-refractivity contribution < 1.29 is 14.5 Å². The highest BCUT2D eigenvalue weighted by molar-refractivity contribution is 7.43. The summed E-state index contributed by atoms with van der Waals surface area (Å²) in [7, 11) is -0.265. The molecule has 6 heteroatoms. The quantitative estimate of drug-likeness (QED) is 0.116. The van der Waals surface area contributed by atoms with Crippen molar-refractivity contribution in [1.29, 1.82) is 0 Å². The molecule has 0 aliphatic carbocycles. The van der Waals surface area contributed by atoms with E-state index >= 15 is 0 Å². The summed E-state index contributed by atoms with van der Waals surface area (Å²) in [6.45, 7) is 3.68. The average Bonchev–Trinajstić information content (AvgIpc) is 3.16. The number of hydrogen-bond donors (Lipinski definition) is 0. The molecule has 0 N–H and O–H groups in total. The van der Waals surface area contributed by atoms with E-state index in [4.69, 9.17) is 11.2 Å². The van der Waals surface area contributed by atoms with Crippen LogP contribution in [0.15, 0.2) is 78.2 Å². The number of rotatable bonds is 5. The number of thiophene rings is 1. The Balaban J connectivity index is 1.65. The van der Waals surface area contributed by atoms with Gasteiger partial charge in [0.05, 0.1) is 10.5 Å². The van der Waals surface area contributed by atoms with Gasteiger partial charge in [-0.2, -0.15) is 0 Å². The average molecular weight is 443 g/mol. The number of non-ortho nitro benzene ring substituents is 1. The number of esters is 1. The molecule has 0 radical (unpaired) electrons. The molecule has 4 rings (SSSR count). The second-order valence-corrected chi connectivity index (χ2v) is 9.36. The van der Waals surface area contributed by atoms with Crippen molar-refractivity contribution in [2.24, 2.45) is 0 Å². The van der Waals surface area contributed by atoms with E-state index in [1.165, 1.54) is 39.9 Å². The topological polar surface area (TPSA) is 69.4 Å². The molecule has 0 aliphatic rings. The second-order valence-electron chi connectivity index (χ2n) is 7.53. The zero-order chi connectivity index (χ0) is 22.9. The zero-order valence-electron chi connectivity index (χ0n) is 17.6. The summed E-state index contributed by atoms with van der Waals surface area (Å²) in [6.07, 6.45) is 5.69. The van der Waals surface area contributed by atoms with Crippen molar-refractivity contribution in [1.82, 2.24) is 0 Å². The van der Waals surface area contributed by atoms with Crippen LogP contribution >= 0.6 is 10.5 Å². The van der Waals surface area contributed by atoms with Gasteiger partial charge in [-0.1, -0.05) is 24.1 Å². The summed E-state index contributed by atoms with van der Waals surface area (Å²) in [4.78, 5) is 24.4. The number of fused-ring (bicyclic) bond motifs is 1. The van der Waals surface area contributed by atoms with Gasteiger partial charge in [0.15, 0.2) is 15.2 Å². The number of ether oxygens (including phenoxy) is 1. The van der Waals surface area contributed by atoms with Gasteiger partial charge in [-0.3, -0.25) is 10.1 Å². The molecule has 32 heavy (non-hydrogen) atoms. The number of nitro groups is 1. The van der Waals surface area contributed by atoms with E-state index in [0.29, 0.717) is 11.1 Å². The lowest BCUT2D eigenvalue weighted by atomic mass is 9.96. The lowest BCUT2D eigenvalue weighted by molar-refractivity contribution is -0.384. The minimum Gasteiger partial charge on any atom is -0.438 e. The van der Waals surface area contributed by atoms with Crippen molar-refractivity contribution in [3.05, 3.63) is 105 Å². The summed E-state index contributed by atoms with van der Waals surface area (Å²) in [5.74, 6) is 1.96. The van der Waals surface area contributed by atoms with Crippen molar-refractivity contribution >= 4 is 32.2 Å². The Hall–Kier alpha value is -3.95. The fraction of sp³-hybridized carbons (Fsp3) is 0.115. The van der Waals surface area contributed by atoms with Crippen LogP contribution in [0, 0.1) is 29.4 Å². The number of nitro benzene ring substituents is 1. The van der Waals surface area contributed by atoms with E-state index in [-0.39, 0.29) is 16.2 Å². The largest absolute Gasteiger partial charge is 0.438 e. The molecular weight excluding hydrogens is 422 g/mol. The predicted octanol–water partition coefficient (Wildman–Crippen LogP) is 6.50. The summed E-state index contributed by atoms with van der Waals surface area (Å²) >= 11 is 0. The van der Waals surface area contributed by atoms with E-state index in [9.17, 15) is 14.9 Å². The van der Waals surface area contributed by atoms with E-state index in [0.717, 1.165) is 4.90 Å². The van der Waals surface area contributed by atoms with Crippen LogP contribution in [0.3, 0.4) is 0 Å². The van der Waals surface area contributed by atoms with Gasteiger partial charge in [-0.25, -0.2) is 4.79 Å². The Morgan fingerprint density at radius 3 is 2.50 bits per heavy atom. The van der Waals surface area contributed by atoms with Crippen LogP contribution in [0.1, 0.15) is 28.4 Å². The number of hydrogen-bond acceptors (Lipinski definition) is 4. The fourth-order valence-corrected chi connectivity index (χ4v) is 5.73. The van der Waals surface area contributed by atoms with Crippen molar-refractivity contribution in [3.63, 3.8) is 0 Å². The van der Waals surface area contributed by atoms with Crippen molar-refractivity contribution in [2.75, 3.05) is 0 Å². The maximum atomic E-state index is 13.0. The Labute approximate surface area is 188 Å². The highest BCUT2D eigenvalue weighted by Gasteiger charge is 2.30. The van der Waals surface area contributed by atoms with Gasteiger partial charge in [0, 0.05) is 45.2 Å². The van der Waals surface area contributed by atoms with Gasteiger partial charge in [0.1, 0.15) is 5.38 Å². The third-order valence-electron chi connectivity index (χ3n) is 5.37. The van der Waals surface area contributed by atoms with E-state index in [1.807, 2.05) is 30.3 Å². The first-order valence-electron chi connectivity index (χ1n) is 9.89. The van der Waals surface area contributed by atoms with E-state index in [2.05, 4.69) is 30.4 Å². The molecule has 2 unspecified atom stereocenters. The highest BCUT2D eigenvalue weighted by Crippen LogP contribution is 2.42. The molecule has 0 fully saturated rings.